The number of nitrogens with one attached hydrogen (secondary N) is 2. The van der Waals surface area contributed by atoms with Crippen LogP contribution < -0.4 is 10.6 Å². The molecule has 2 N–H and O–H groups in total. The molecule has 226 valence electrons. The van der Waals surface area contributed by atoms with Gasteiger partial charge in [-0.05, 0) is 54.5 Å². The molecule has 2 amide bonds. The number of para-hydroxylation sites is 1. The van der Waals surface area contributed by atoms with Crippen LogP contribution >= 0.6 is 0 Å². The van der Waals surface area contributed by atoms with Crippen molar-refractivity contribution < 1.29 is 22.8 Å². The van der Waals surface area contributed by atoms with Crippen molar-refractivity contribution in [1.82, 2.24) is 25.2 Å². The van der Waals surface area contributed by atoms with E-state index in [9.17, 15) is 22.8 Å². The molecule has 7 nitrogen and oxygen atoms in total. The smallest absolute Gasteiger partial charge is 0.359 e. The van der Waals surface area contributed by atoms with Crippen molar-refractivity contribution in [1.29, 1.82) is 0 Å². The Kier molecular flexibility index (Phi) is 7.84. The largest absolute Gasteiger partial charge is 0.416 e. The molecule has 10 heteroatoms. The standard InChI is InChI=1S/C34H32F3N5O2/c1-3-8-28(20-10-6-11-23(15-20)34(35,36)37)41-33(44)26-13-7-14-29-30(26)42(24-16-22(17-24)32(43)38-2)31(40-29)27-19-39-18-21-9-4-5-12-25(21)27/h4-7,9-15,18-19,22,24,28H,3,8,16-17H2,1-2H3,(H,38,43)(H,41,44)/t22?,24?,28-/m0/s1. The Bertz CT molecular complexity index is 1850. The molecule has 2 aromatic heterocycles. The fourth-order valence-corrected chi connectivity index (χ4v) is 6.17. The molecule has 0 radical (unpaired) electrons. The third-order valence-electron chi connectivity index (χ3n) is 8.46. The van der Waals surface area contributed by atoms with E-state index in [-0.39, 0.29) is 17.9 Å². The van der Waals surface area contributed by atoms with Crippen LogP contribution in [0.4, 0.5) is 13.2 Å². The van der Waals surface area contributed by atoms with E-state index in [1.54, 1.807) is 37.6 Å². The molecule has 1 aliphatic rings. The van der Waals surface area contributed by atoms with Gasteiger partial charge in [-0.25, -0.2) is 4.98 Å². The number of fused-ring (bicyclic) bond motifs is 2. The second kappa shape index (κ2) is 11.7. The van der Waals surface area contributed by atoms with Gasteiger partial charge in [0.05, 0.1) is 28.2 Å². The van der Waals surface area contributed by atoms with Crippen LogP contribution in [0.3, 0.4) is 0 Å². The molecule has 0 saturated heterocycles. The summed E-state index contributed by atoms with van der Waals surface area (Å²) in [7, 11) is 1.62. The SMILES string of the molecule is CCC[C@H](NC(=O)c1cccc2nc(-c3cncc4ccccc34)n(C3CC(C(=O)NC)C3)c12)c1cccc(C(F)(F)F)c1. The van der Waals surface area contributed by atoms with E-state index in [2.05, 4.69) is 15.6 Å². The number of nitrogens with zero attached hydrogens (tertiary/aromatic N) is 3. The van der Waals surface area contributed by atoms with Gasteiger partial charge < -0.3 is 15.2 Å². The first-order chi connectivity index (χ1) is 21.2. The number of halogens is 3. The van der Waals surface area contributed by atoms with Crippen molar-refractivity contribution >= 4 is 33.6 Å². The number of rotatable bonds is 8. The number of carbonyl (C=O) groups is 2. The Hall–Kier alpha value is -4.73. The van der Waals surface area contributed by atoms with Crippen LogP contribution in [0.5, 0.6) is 0 Å². The molecule has 1 atom stereocenters. The number of alkyl halides is 3. The van der Waals surface area contributed by atoms with E-state index in [1.807, 2.05) is 41.8 Å². The van der Waals surface area contributed by atoms with Crippen molar-refractivity contribution in [2.75, 3.05) is 7.05 Å². The first-order valence-electron chi connectivity index (χ1n) is 14.7. The van der Waals surface area contributed by atoms with Gasteiger partial charge in [-0.3, -0.25) is 14.6 Å². The molecular formula is C34H32F3N5O2. The highest BCUT2D eigenvalue weighted by molar-refractivity contribution is 6.07. The lowest BCUT2D eigenvalue weighted by molar-refractivity contribution is -0.137. The van der Waals surface area contributed by atoms with E-state index in [0.717, 1.165) is 28.5 Å². The number of hydrogen-bond acceptors (Lipinski definition) is 4. The Balaban J connectivity index is 1.45. The third-order valence-corrected chi connectivity index (χ3v) is 8.46. The first-order valence-corrected chi connectivity index (χ1v) is 14.7. The summed E-state index contributed by atoms with van der Waals surface area (Å²) in [6.07, 6.45) is 1.34. The van der Waals surface area contributed by atoms with Crippen LogP contribution in [0.2, 0.25) is 0 Å². The van der Waals surface area contributed by atoms with E-state index >= 15 is 0 Å². The number of benzene rings is 3. The Morgan fingerprint density at radius 1 is 1.02 bits per heavy atom. The number of amides is 2. The second-order valence-corrected chi connectivity index (χ2v) is 11.3. The van der Waals surface area contributed by atoms with Crippen LogP contribution in [0.1, 0.15) is 66.2 Å². The molecule has 1 aliphatic carbocycles. The lowest BCUT2D eigenvalue weighted by Crippen LogP contribution is -2.38. The number of carbonyl (C=O) groups excluding carboxylic acids is 2. The minimum atomic E-state index is -4.49. The normalized spacial score (nSPS) is 17.3. The summed E-state index contributed by atoms with van der Waals surface area (Å²) in [5, 5.41) is 7.64. The Labute approximate surface area is 252 Å². The minimum absolute atomic E-state index is 0.0273. The maximum absolute atomic E-state index is 14.0. The molecule has 1 saturated carbocycles. The van der Waals surface area contributed by atoms with Crippen LogP contribution in [0.25, 0.3) is 33.2 Å². The predicted octanol–water partition coefficient (Wildman–Crippen LogP) is 7.24. The summed E-state index contributed by atoms with van der Waals surface area (Å²) in [5.41, 5.74) is 2.04. The Morgan fingerprint density at radius 3 is 2.55 bits per heavy atom. The summed E-state index contributed by atoms with van der Waals surface area (Å²) in [4.78, 5) is 35.9. The van der Waals surface area contributed by atoms with Crippen molar-refractivity contribution in [3.8, 4) is 11.4 Å². The average molecular weight is 600 g/mol. The van der Waals surface area contributed by atoms with Gasteiger partial charge >= 0.3 is 6.18 Å². The van der Waals surface area contributed by atoms with E-state index in [1.165, 1.54) is 6.07 Å². The molecule has 44 heavy (non-hydrogen) atoms. The number of aromatic nitrogens is 3. The highest BCUT2D eigenvalue weighted by Gasteiger charge is 2.38. The topological polar surface area (TPSA) is 88.9 Å². The van der Waals surface area contributed by atoms with Crippen LogP contribution in [-0.2, 0) is 11.0 Å². The van der Waals surface area contributed by atoms with Gasteiger partial charge in [-0.2, -0.15) is 13.2 Å². The van der Waals surface area contributed by atoms with Crippen molar-refractivity contribution in [3.63, 3.8) is 0 Å². The first kappa shape index (κ1) is 29.3. The number of hydrogen-bond donors (Lipinski definition) is 2. The second-order valence-electron chi connectivity index (χ2n) is 11.3. The van der Waals surface area contributed by atoms with E-state index in [0.29, 0.717) is 53.7 Å². The molecular weight excluding hydrogens is 567 g/mol. The fourth-order valence-electron chi connectivity index (χ4n) is 6.17. The monoisotopic (exact) mass is 599 g/mol. The molecule has 0 spiro atoms. The number of pyridine rings is 1. The summed E-state index contributed by atoms with van der Waals surface area (Å²) >= 11 is 0. The average Bonchev–Trinajstić information content (AvgIpc) is 3.38. The molecule has 1 fully saturated rings. The quantitative estimate of drug-likeness (QED) is 0.197. The zero-order valence-corrected chi connectivity index (χ0v) is 24.4. The molecule has 2 heterocycles. The maximum Gasteiger partial charge on any atom is 0.416 e. The molecule has 6 rings (SSSR count). The van der Waals surface area contributed by atoms with Crippen molar-refractivity contribution in [2.24, 2.45) is 5.92 Å². The molecule has 5 aromatic rings. The van der Waals surface area contributed by atoms with Crippen LogP contribution in [0, 0.1) is 5.92 Å². The third kappa shape index (κ3) is 5.40. The van der Waals surface area contributed by atoms with Gasteiger partial charge in [0.25, 0.3) is 5.91 Å². The fraction of sp³-hybridized carbons (Fsp3) is 0.294. The summed E-state index contributed by atoms with van der Waals surface area (Å²) in [5.74, 6) is 0.0579. The van der Waals surface area contributed by atoms with E-state index in [4.69, 9.17) is 4.98 Å². The lowest BCUT2D eigenvalue weighted by atomic mass is 9.79. The van der Waals surface area contributed by atoms with Gasteiger partial charge in [0.15, 0.2) is 0 Å². The van der Waals surface area contributed by atoms with E-state index < -0.39 is 23.7 Å². The summed E-state index contributed by atoms with van der Waals surface area (Å²) in [6.45, 7) is 1.92. The summed E-state index contributed by atoms with van der Waals surface area (Å²) in [6, 6.07) is 17.6. The van der Waals surface area contributed by atoms with Gasteiger partial charge in [0.1, 0.15) is 5.82 Å². The van der Waals surface area contributed by atoms with Crippen LogP contribution in [0.15, 0.2) is 79.1 Å². The van der Waals surface area contributed by atoms with Crippen molar-refractivity contribution in [2.45, 2.75) is 50.9 Å². The zero-order valence-electron chi connectivity index (χ0n) is 24.4. The van der Waals surface area contributed by atoms with Gasteiger partial charge in [-0.15, -0.1) is 0 Å². The molecule has 0 aliphatic heterocycles. The number of imidazole rings is 1. The Morgan fingerprint density at radius 2 is 1.80 bits per heavy atom. The van der Waals surface area contributed by atoms with Crippen LogP contribution in [-0.4, -0.2) is 33.4 Å². The van der Waals surface area contributed by atoms with Gasteiger partial charge in [-0.1, -0.05) is 55.8 Å². The molecule has 0 unspecified atom stereocenters. The minimum Gasteiger partial charge on any atom is -0.359 e. The zero-order chi connectivity index (χ0) is 31.0. The van der Waals surface area contributed by atoms with Crippen molar-refractivity contribution in [3.05, 3.63) is 95.8 Å². The maximum atomic E-state index is 14.0. The summed E-state index contributed by atoms with van der Waals surface area (Å²) < 4.78 is 42.5. The highest BCUT2D eigenvalue weighted by atomic mass is 19.4. The highest BCUT2D eigenvalue weighted by Crippen LogP contribution is 2.44. The molecule has 0 bridgehead atoms. The van der Waals surface area contributed by atoms with Gasteiger partial charge in [0.2, 0.25) is 5.91 Å². The van der Waals surface area contributed by atoms with Gasteiger partial charge in [0, 0.05) is 42.4 Å². The molecule has 3 aromatic carbocycles. The lowest BCUT2D eigenvalue weighted by Gasteiger charge is -2.36. The predicted molar refractivity (Wildman–Crippen MR) is 163 cm³/mol.